The number of nitrogens with one attached hydrogen (secondary N) is 1. The third-order valence-electron chi connectivity index (χ3n) is 1.85. The number of rotatable bonds is 3. The standard InChI is InChI=1S/C10H14N2O/c1-3-12-9-6-4-5-8(7(2)13)10(9)11/h4-6,12H,3,11H2,1-2H3. The Hall–Kier alpha value is -1.51. The molecule has 0 bridgehead atoms. The van der Waals surface area contributed by atoms with Gasteiger partial charge in [0.2, 0.25) is 0 Å². The summed E-state index contributed by atoms with van der Waals surface area (Å²) in [6.45, 7) is 4.30. The molecular weight excluding hydrogens is 164 g/mol. The topological polar surface area (TPSA) is 55.1 Å². The molecular formula is C10H14N2O. The van der Waals surface area contributed by atoms with Crippen LogP contribution in [0.5, 0.6) is 0 Å². The maximum absolute atomic E-state index is 11.1. The van der Waals surface area contributed by atoms with E-state index < -0.39 is 0 Å². The second kappa shape index (κ2) is 3.94. The summed E-state index contributed by atoms with van der Waals surface area (Å²) < 4.78 is 0. The minimum absolute atomic E-state index is 0.00254. The van der Waals surface area contributed by atoms with Crippen LogP contribution in [-0.2, 0) is 0 Å². The number of nitrogen functional groups attached to an aromatic ring is 1. The fraction of sp³-hybridized carbons (Fsp3) is 0.300. The quantitative estimate of drug-likeness (QED) is 0.549. The van der Waals surface area contributed by atoms with Gasteiger partial charge in [-0.25, -0.2) is 0 Å². The number of nitrogens with two attached hydrogens (primary N) is 1. The summed E-state index contributed by atoms with van der Waals surface area (Å²) in [6, 6.07) is 5.43. The van der Waals surface area contributed by atoms with Crippen molar-refractivity contribution in [2.45, 2.75) is 13.8 Å². The van der Waals surface area contributed by atoms with Gasteiger partial charge in [0.25, 0.3) is 0 Å². The number of para-hydroxylation sites is 1. The van der Waals surface area contributed by atoms with Gasteiger partial charge in [0, 0.05) is 12.1 Å². The molecule has 0 heterocycles. The Bertz CT molecular complexity index is 321. The van der Waals surface area contributed by atoms with E-state index in [4.69, 9.17) is 5.73 Å². The zero-order chi connectivity index (χ0) is 9.84. The summed E-state index contributed by atoms with van der Waals surface area (Å²) in [4.78, 5) is 11.1. The largest absolute Gasteiger partial charge is 0.396 e. The monoisotopic (exact) mass is 178 g/mol. The molecule has 0 spiro atoms. The third kappa shape index (κ3) is 1.99. The molecule has 1 rings (SSSR count). The molecule has 3 nitrogen and oxygen atoms in total. The predicted octanol–water partition coefficient (Wildman–Crippen LogP) is 1.90. The number of ketones is 1. The number of benzene rings is 1. The molecule has 0 aliphatic carbocycles. The average molecular weight is 178 g/mol. The van der Waals surface area contributed by atoms with Crippen LogP contribution in [-0.4, -0.2) is 12.3 Å². The second-order valence-corrected chi connectivity index (χ2v) is 2.85. The maximum Gasteiger partial charge on any atom is 0.161 e. The molecule has 0 atom stereocenters. The summed E-state index contributed by atoms with van der Waals surface area (Å²) >= 11 is 0. The van der Waals surface area contributed by atoms with Crippen molar-refractivity contribution in [2.75, 3.05) is 17.6 Å². The van der Waals surface area contributed by atoms with Gasteiger partial charge in [-0.3, -0.25) is 4.79 Å². The van der Waals surface area contributed by atoms with Crippen LogP contribution >= 0.6 is 0 Å². The van der Waals surface area contributed by atoms with E-state index in [0.717, 1.165) is 12.2 Å². The van der Waals surface area contributed by atoms with Gasteiger partial charge in [-0.1, -0.05) is 6.07 Å². The average Bonchev–Trinajstić information content (AvgIpc) is 2.08. The highest BCUT2D eigenvalue weighted by Crippen LogP contribution is 2.22. The normalized spacial score (nSPS) is 9.69. The lowest BCUT2D eigenvalue weighted by Gasteiger charge is -2.09. The van der Waals surface area contributed by atoms with Crippen LogP contribution in [0.3, 0.4) is 0 Å². The molecule has 0 radical (unpaired) electrons. The molecule has 0 fully saturated rings. The highest BCUT2D eigenvalue weighted by Gasteiger charge is 2.06. The van der Waals surface area contributed by atoms with Crippen molar-refractivity contribution in [3.8, 4) is 0 Å². The lowest BCUT2D eigenvalue weighted by atomic mass is 10.1. The lowest BCUT2D eigenvalue weighted by molar-refractivity contribution is 0.101. The van der Waals surface area contributed by atoms with E-state index in [0.29, 0.717) is 11.3 Å². The van der Waals surface area contributed by atoms with Gasteiger partial charge >= 0.3 is 0 Å². The first kappa shape index (κ1) is 9.58. The first-order valence-corrected chi connectivity index (χ1v) is 4.30. The number of hydrogen-bond acceptors (Lipinski definition) is 3. The molecule has 0 aliphatic rings. The van der Waals surface area contributed by atoms with Crippen molar-refractivity contribution in [1.29, 1.82) is 0 Å². The highest BCUT2D eigenvalue weighted by atomic mass is 16.1. The number of hydrogen-bond donors (Lipinski definition) is 2. The Kier molecular flexibility index (Phi) is 2.90. The van der Waals surface area contributed by atoms with Gasteiger partial charge in [0.15, 0.2) is 5.78 Å². The molecule has 0 aliphatic heterocycles. The molecule has 0 aromatic heterocycles. The fourth-order valence-electron chi connectivity index (χ4n) is 1.22. The zero-order valence-electron chi connectivity index (χ0n) is 7.92. The molecule has 0 amide bonds. The number of anilines is 2. The molecule has 3 heteroatoms. The van der Waals surface area contributed by atoms with Gasteiger partial charge < -0.3 is 11.1 Å². The molecule has 70 valence electrons. The Morgan fingerprint density at radius 3 is 2.77 bits per heavy atom. The summed E-state index contributed by atoms with van der Waals surface area (Å²) in [7, 11) is 0. The van der Waals surface area contributed by atoms with Gasteiger partial charge in [0.05, 0.1) is 11.4 Å². The van der Waals surface area contributed by atoms with Crippen molar-refractivity contribution >= 4 is 17.2 Å². The van der Waals surface area contributed by atoms with Crippen LogP contribution in [0.2, 0.25) is 0 Å². The van der Waals surface area contributed by atoms with Crippen LogP contribution < -0.4 is 11.1 Å². The Morgan fingerprint density at radius 2 is 2.23 bits per heavy atom. The Morgan fingerprint density at radius 1 is 1.54 bits per heavy atom. The Labute approximate surface area is 77.9 Å². The third-order valence-corrected chi connectivity index (χ3v) is 1.85. The SMILES string of the molecule is CCNc1cccc(C(C)=O)c1N. The number of carbonyl (C=O) groups is 1. The summed E-state index contributed by atoms with van der Waals surface area (Å²) in [5.41, 5.74) is 7.74. The van der Waals surface area contributed by atoms with Crippen LogP contribution in [0, 0.1) is 0 Å². The van der Waals surface area contributed by atoms with E-state index in [1.807, 2.05) is 19.1 Å². The van der Waals surface area contributed by atoms with Crippen LogP contribution in [0.25, 0.3) is 0 Å². The van der Waals surface area contributed by atoms with Gasteiger partial charge in [-0.2, -0.15) is 0 Å². The van der Waals surface area contributed by atoms with Crippen molar-refractivity contribution in [3.05, 3.63) is 23.8 Å². The summed E-state index contributed by atoms with van der Waals surface area (Å²) in [6.07, 6.45) is 0. The molecule has 13 heavy (non-hydrogen) atoms. The smallest absolute Gasteiger partial charge is 0.161 e. The van der Waals surface area contributed by atoms with Crippen LogP contribution in [0.4, 0.5) is 11.4 Å². The van der Waals surface area contributed by atoms with E-state index in [1.165, 1.54) is 6.92 Å². The van der Waals surface area contributed by atoms with Crippen molar-refractivity contribution in [2.24, 2.45) is 0 Å². The summed E-state index contributed by atoms with van der Waals surface area (Å²) in [5, 5.41) is 3.09. The van der Waals surface area contributed by atoms with E-state index in [-0.39, 0.29) is 5.78 Å². The van der Waals surface area contributed by atoms with E-state index in [2.05, 4.69) is 5.32 Å². The first-order valence-electron chi connectivity index (χ1n) is 4.30. The molecule has 0 saturated heterocycles. The Balaban J connectivity index is 3.10. The predicted molar refractivity (Wildman–Crippen MR) is 55.0 cm³/mol. The molecule has 0 unspecified atom stereocenters. The minimum Gasteiger partial charge on any atom is -0.396 e. The van der Waals surface area contributed by atoms with Crippen molar-refractivity contribution < 1.29 is 4.79 Å². The molecule has 1 aromatic carbocycles. The lowest BCUT2D eigenvalue weighted by Crippen LogP contribution is -2.05. The molecule has 1 aromatic rings. The zero-order valence-corrected chi connectivity index (χ0v) is 7.92. The van der Waals surface area contributed by atoms with Crippen LogP contribution in [0.1, 0.15) is 24.2 Å². The number of Topliss-reactive ketones (excluding diaryl/α,β-unsaturated/α-hetero) is 1. The first-order chi connectivity index (χ1) is 6.16. The van der Waals surface area contributed by atoms with Gasteiger partial charge in [-0.05, 0) is 26.0 Å². The molecule has 0 saturated carbocycles. The van der Waals surface area contributed by atoms with E-state index in [9.17, 15) is 4.79 Å². The van der Waals surface area contributed by atoms with Gasteiger partial charge in [0.1, 0.15) is 0 Å². The minimum atomic E-state index is -0.00254. The maximum atomic E-state index is 11.1. The number of carbonyl (C=O) groups excluding carboxylic acids is 1. The highest BCUT2D eigenvalue weighted by molar-refractivity contribution is 6.01. The van der Waals surface area contributed by atoms with Crippen LogP contribution in [0.15, 0.2) is 18.2 Å². The van der Waals surface area contributed by atoms with Crippen molar-refractivity contribution in [1.82, 2.24) is 0 Å². The summed E-state index contributed by atoms with van der Waals surface area (Å²) in [5.74, 6) is -0.00254. The van der Waals surface area contributed by atoms with Gasteiger partial charge in [-0.15, -0.1) is 0 Å². The second-order valence-electron chi connectivity index (χ2n) is 2.85. The van der Waals surface area contributed by atoms with E-state index >= 15 is 0 Å². The molecule has 3 N–H and O–H groups in total. The van der Waals surface area contributed by atoms with E-state index in [1.54, 1.807) is 6.07 Å². The van der Waals surface area contributed by atoms with Crippen molar-refractivity contribution in [3.63, 3.8) is 0 Å². The fourth-order valence-corrected chi connectivity index (χ4v) is 1.22.